The molecular weight excluding hydrogens is 269 g/mol. The van der Waals surface area contributed by atoms with Gasteiger partial charge in [0, 0.05) is 13.1 Å². The topological polar surface area (TPSA) is 52.8 Å². The predicted molar refractivity (Wildman–Crippen MR) is 65.0 cm³/mol. The molecule has 1 saturated carbocycles. The van der Waals surface area contributed by atoms with Crippen molar-refractivity contribution in [3.8, 4) is 6.07 Å². The number of nitrogens with zero attached hydrogens (tertiary/aromatic N) is 4. The highest BCUT2D eigenvalue weighted by atomic mass is 19.4. The molecule has 0 spiro atoms. The van der Waals surface area contributed by atoms with Gasteiger partial charge in [0.15, 0.2) is 5.82 Å². The van der Waals surface area contributed by atoms with Crippen LogP contribution in [0.5, 0.6) is 0 Å². The Kier molecular flexibility index (Phi) is 2.68. The first kappa shape index (κ1) is 13.2. The molecule has 1 saturated heterocycles. The Morgan fingerprint density at radius 3 is 2.30 bits per heavy atom. The molecule has 4 nitrogen and oxygen atoms in total. The summed E-state index contributed by atoms with van der Waals surface area (Å²) in [5, 5.41) is 17.2. The van der Waals surface area contributed by atoms with Gasteiger partial charge in [-0.2, -0.15) is 23.5 Å². The van der Waals surface area contributed by atoms with E-state index in [0.29, 0.717) is 30.2 Å². The molecule has 1 aliphatic heterocycles. The lowest BCUT2D eigenvalue weighted by Crippen LogP contribution is -2.30. The number of nitriles is 1. The van der Waals surface area contributed by atoms with Crippen molar-refractivity contribution in [3.63, 3.8) is 0 Å². The Labute approximate surface area is 114 Å². The number of hydrogen-bond acceptors (Lipinski definition) is 4. The molecule has 3 rings (SSSR count). The van der Waals surface area contributed by atoms with E-state index < -0.39 is 12.1 Å². The molecular formula is C13H13F3N4. The molecule has 0 N–H and O–H groups in total. The molecule has 7 heteroatoms. The number of rotatable bonds is 1. The highest BCUT2D eigenvalue weighted by Gasteiger charge is 2.67. The minimum atomic E-state index is -4.10. The number of alkyl halides is 3. The molecule has 0 aromatic carbocycles. The summed E-state index contributed by atoms with van der Waals surface area (Å²) in [6, 6.07) is 2.09. The minimum Gasteiger partial charge on any atom is -0.353 e. The Hall–Kier alpha value is -1.84. The summed E-state index contributed by atoms with van der Waals surface area (Å²) in [5.41, 5.74) is 1.83. The standard InChI is InChI=1S/C13H13F3N4/c1-6-7(2)18-19-12(8(6)3-17)20-4-9-10(5-20)11(9)13(14,15)16/h9-11H,4-5H2,1-2H3/t9-,10+,11?. The van der Waals surface area contributed by atoms with E-state index in [1.54, 1.807) is 18.7 Å². The van der Waals surface area contributed by atoms with Gasteiger partial charge in [-0.15, -0.1) is 5.10 Å². The number of fused-ring (bicyclic) bond motifs is 1. The van der Waals surface area contributed by atoms with Crippen molar-refractivity contribution in [3.05, 3.63) is 16.8 Å². The third-order valence-electron chi connectivity index (χ3n) is 4.42. The van der Waals surface area contributed by atoms with Crippen molar-refractivity contribution < 1.29 is 13.2 Å². The zero-order valence-corrected chi connectivity index (χ0v) is 11.1. The first-order chi connectivity index (χ1) is 9.34. The van der Waals surface area contributed by atoms with E-state index in [-0.39, 0.29) is 11.8 Å². The molecule has 0 amide bonds. The van der Waals surface area contributed by atoms with Gasteiger partial charge in [-0.05, 0) is 31.2 Å². The first-order valence-corrected chi connectivity index (χ1v) is 6.40. The average Bonchev–Trinajstić information content (AvgIpc) is 2.90. The second kappa shape index (κ2) is 4.08. The van der Waals surface area contributed by atoms with Gasteiger partial charge in [-0.3, -0.25) is 0 Å². The van der Waals surface area contributed by atoms with Crippen LogP contribution in [0, 0.1) is 42.9 Å². The smallest absolute Gasteiger partial charge is 0.353 e. The van der Waals surface area contributed by atoms with E-state index in [0.717, 1.165) is 5.56 Å². The lowest BCUT2D eigenvalue weighted by molar-refractivity contribution is -0.154. The fourth-order valence-electron chi connectivity index (χ4n) is 3.14. The number of anilines is 1. The van der Waals surface area contributed by atoms with Crippen LogP contribution in [0.2, 0.25) is 0 Å². The predicted octanol–water partition coefficient (Wildman–Crippen LogP) is 2.21. The van der Waals surface area contributed by atoms with E-state index in [2.05, 4.69) is 16.3 Å². The van der Waals surface area contributed by atoms with Gasteiger partial charge in [0.05, 0.1) is 11.6 Å². The summed E-state index contributed by atoms with van der Waals surface area (Å²) >= 11 is 0. The maximum absolute atomic E-state index is 12.7. The molecule has 1 aromatic rings. The normalized spacial score (nSPS) is 28.2. The van der Waals surface area contributed by atoms with Crippen LogP contribution in [-0.2, 0) is 0 Å². The van der Waals surface area contributed by atoms with Crippen molar-refractivity contribution in [1.82, 2.24) is 10.2 Å². The molecule has 0 bridgehead atoms. The minimum absolute atomic E-state index is 0.306. The van der Waals surface area contributed by atoms with Crippen LogP contribution in [-0.4, -0.2) is 29.5 Å². The number of halogens is 3. The molecule has 0 radical (unpaired) electrons. The first-order valence-electron chi connectivity index (χ1n) is 6.40. The SMILES string of the molecule is Cc1nnc(N2C[C@@H]3C(C(F)(F)F)[C@@H]3C2)c(C#N)c1C. The largest absolute Gasteiger partial charge is 0.392 e. The highest BCUT2D eigenvalue weighted by molar-refractivity contribution is 5.58. The van der Waals surface area contributed by atoms with Crippen LogP contribution in [0.4, 0.5) is 19.0 Å². The number of hydrogen-bond donors (Lipinski definition) is 0. The molecule has 1 aromatic heterocycles. The Bertz CT molecular complexity index is 593. The fourth-order valence-corrected chi connectivity index (χ4v) is 3.14. The molecule has 106 valence electrons. The molecule has 1 aliphatic carbocycles. The van der Waals surface area contributed by atoms with E-state index >= 15 is 0 Å². The number of aryl methyl sites for hydroxylation is 1. The van der Waals surface area contributed by atoms with Gasteiger partial charge in [-0.1, -0.05) is 0 Å². The summed E-state index contributed by atoms with van der Waals surface area (Å²) < 4.78 is 38.0. The summed E-state index contributed by atoms with van der Waals surface area (Å²) in [7, 11) is 0. The van der Waals surface area contributed by atoms with Crippen LogP contribution < -0.4 is 4.90 Å². The molecule has 2 heterocycles. The van der Waals surface area contributed by atoms with E-state index in [4.69, 9.17) is 0 Å². The van der Waals surface area contributed by atoms with Gasteiger partial charge in [0.1, 0.15) is 11.6 Å². The van der Waals surface area contributed by atoms with E-state index in [1.165, 1.54) is 0 Å². The molecule has 3 atom stereocenters. The van der Waals surface area contributed by atoms with Crippen LogP contribution >= 0.6 is 0 Å². The van der Waals surface area contributed by atoms with Gasteiger partial charge in [0.25, 0.3) is 0 Å². The molecule has 2 fully saturated rings. The average molecular weight is 282 g/mol. The monoisotopic (exact) mass is 282 g/mol. The zero-order chi connectivity index (χ0) is 14.7. The van der Waals surface area contributed by atoms with Crippen molar-refractivity contribution in [2.75, 3.05) is 18.0 Å². The molecule has 20 heavy (non-hydrogen) atoms. The zero-order valence-electron chi connectivity index (χ0n) is 11.1. The van der Waals surface area contributed by atoms with Crippen LogP contribution in [0.1, 0.15) is 16.8 Å². The Morgan fingerprint density at radius 2 is 1.80 bits per heavy atom. The van der Waals surface area contributed by atoms with Gasteiger partial charge >= 0.3 is 6.18 Å². The summed E-state index contributed by atoms with van der Waals surface area (Å²) in [6.45, 7) is 4.15. The van der Waals surface area contributed by atoms with Crippen LogP contribution in [0.3, 0.4) is 0 Å². The maximum Gasteiger partial charge on any atom is 0.392 e. The summed E-state index contributed by atoms with van der Waals surface area (Å²) in [5.74, 6) is -1.47. The van der Waals surface area contributed by atoms with Crippen molar-refractivity contribution in [1.29, 1.82) is 5.26 Å². The fraction of sp³-hybridized carbons (Fsp3) is 0.615. The van der Waals surface area contributed by atoms with Crippen molar-refractivity contribution in [2.24, 2.45) is 17.8 Å². The Morgan fingerprint density at radius 1 is 1.20 bits per heavy atom. The van der Waals surface area contributed by atoms with Gasteiger partial charge in [0.2, 0.25) is 0 Å². The lowest BCUT2D eigenvalue weighted by atomic mass is 10.1. The van der Waals surface area contributed by atoms with E-state index in [1.807, 2.05) is 0 Å². The van der Waals surface area contributed by atoms with E-state index in [9.17, 15) is 18.4 Å². The molecule has 2 aliphatic rings. The van der Waals surface area contributed by atoms with Gasteiger partial charge < -0.3 is 4.90 Å². The van der Waals surface area contributed by atoms with Crippen LogP contribution in [0.15, 0.2) is 0 Å². The quantitative estimate of drug-likeness (QED) is 0.792. The Balaban J connectivity index is 1.82. The molecule has 1 unspecified atom stereocenters. The highest BCUT2D eigenvalue weighted by Crippen LogP contribution is 2.59. The van der Waals surface area contributed by atoms with Crippen molar-refractivity contribution in [2.45, 2.75) is 20.0 Å². The second-order valence-electron chi connectivity index (χ2n) is 5.52. The second-order valence-corrected chi connectivity index (χ2v) is 5.52. The third kappa shape index (κ3) is 1.82. The van der Waals surface area contributed by atoms with Gasteiger partial charge in [-0.25, -0.2) is 0 Å². The summed E-state index contributed by atoms with van der Waals surface area (Å²) in [4.78, 5) is 1.76. The van der Waals surface area contributed by atoms with Crippen molar-refractivity contribution >= 4 is 5.82 Å². The number of piperidine rings is 1. The lowest BCUT2D eigenvalue weighted by Gasteiger charge is -2.22. The summed E-state index contributed by atoms with van der Waals surface area (Å²) in [6.07, 6.45) is -4.10. The maximum atomic E-state index is 12.7. The third-order valence-corrected chi connectivity index (χ3v) is 4.42. The number of aromatic nitrogens is 2. The van der Waals surface area contributed by atoms with Crippen LogP contribution in [0.25, 0.3) is 0 Å².